The number of nitrogens with zero attached hydrogens (tertiary/aromatic N) is 6. The number of rotatable bonds is 5. The number of benzene rings is 1. The maximum atomic E-state index is 6.24. The van der Waals surface area contributed by atoms with Crippen LogP contribution in [-0.2, 0) is 0 Å². The van der Waals surface area contributed by atoms with Gasteiger partial charge >= 0.3 is 0 Å². The molecule has 1 atom stereocenters. The van der Waals surface area contributed by atoms with E-state index in [0.717, 1.165) is 27.0 Å². The summed E-state index contributed by atoms with van der Waals surface area (Å²) < 4.78 is 7.16. The number of aromatic nitrogens is 6. The number of methoxy groups -OCH3 is 1. The predicted octanol–water partition coefficient (Wildman–Crippen LogP) is 4.04. The van der Waals surface area contributed by atoms with Crippen molar-refractivity contribution in [2.45, 2.75) is 38.1 Å². The molecular weight excluding hydrogens is 406 g/mol. The number of ether oxygens (including phenoxy) is 1. The lowest BCUT2D eigenvalue weighted by Crippen LogP contribution is -2.05. The second-order valence-corrected chi connectivity index (χ2v) is 9.25. The highest BCUT2D eigenvalue weighted by Crippen LogP contribution is 2.37. The summed E-state index contributed by atoms with van der Waals surface area (Å²) in [5.41, 5.74) is 9.26. The average molecular weight is 428 g/mol. The number of nitrogen functional groups attached to an aromatic ring is 1. The zero-order valence-electron chi connectivity index (χ0n) is 16.8. The van der Waals surface area contributed by atoms with E-state index in [1.54, 1.807) is 23.1 Å². The molecule has 29 heavy (non-hydrogen) atoms. The van der Waals surface area contributed by atoms with Crippen LogP contribution >= 0.6 is 23.1 Å². The smallest absolute Gasteiger partial charge is 0.214 e. The molecule has 0 saturated heterocycles. The average Bonchev–Trinajstić information content (AvgIpc) is 3.26. The third-order valence-electron chi connectivity index (χ3n) is 4.72. The molecule has 1 unspecified atom stereocenters. The number of nitrogens with two attached hydrogens (primary N) is 1. The Bertz CT molecular complexity index is 1200. The lowest BCUT2D eigenvalue weighted by Gasteiger charge is -2.13. The highest BCUT2D eigenvalue weighted by molar-refractivity contribution is 7.99. The summed E-state index contributed by atoms with van der Waals surface area (Å²) in [5.74, 6) is 1.87. The second kappa shape index (κ2) is 7.60. The first-order chi connectivity index (χ1) is 13.9. The van der Waals surface area contributed by atoms with Crippen LogP contribution in [0.1, 0.15) is 34.0 Å². The molecule has 0 amide bonds. The van der Waals surface area contributed by atoms with Crippen molar-refractivity contribution in [1.29, 1.82) is 0 Å². The van der Waals surface area contributed by atoms with Crippen LogP contribution in [0.3, 0.4) is 0 Å². The van der Waals surface area contributed by atoms with Crippen molar-refractivity contribution in [2.75, 3.05) is 12.8 Å². The van der Waals surface area contributed by atoms with Crippen molar-refractivity contribution in [3.8, 4) is 11.4 Å². The Morgan fingerprint density at radius 1 is 1.21 bits per heavy atom. The zero-order valence-corrected chi connectivity index (χ0v) is 18.4. The highest BCUT2D eigenvalue weighted by atomic mass is 32.2. The molecule has 0 fully saturated rings. The van der Waals surface area contributed by atoms with E-state index in [1.165, 1.54) is 16.6 Å². The maximum Gasteiger partial charge on any atom is 0.214 e. The van der Waals surface area contributed by atoms with E-state index in [1.807, 2.05) is 32.0 Å². The molecule has 4 rings (SSSR count). The Kier molecular flexibility index (Phi) is 5.13. The monoisotopic (exact) mass is 427 g/mol. The fraction of sp³-hybridized carbons (Fsp3) is 0.316. The first kappa shape index (κ1) is 19.6. The summed E-state index contributed by atoms with van der Waals surface area (Å²) in [6.45, 7) is 8.15. The summed E-state index contributed by atoms with van der Waals surface area (Å²) in [6, 6.07) is 5.88. The second-order valence-electron chi connectivity index (χ2n) is 6.74. The molecule has 4 aromatic rings. The molecule has 10 heteroatoms. The lowest BCUT2D eigenvalue weighted by molar-refractivity contribution is 0.410. The van der Waals surface area contributed by atoms with E-state index in [9.17, 15) is 0 Å². The van der Waals surface area contributed by atoms with Gasteiger partial charge in [-0.05, 0) is 61.4 Å². The van der Waals surface area contributed by atoms with Gasteiger partial charge in [0.15, 0.2) is 0 Å². The van der Waals surface area contributed by atoms with Crippen LogP contribution in [0.5, 0.6) is 5.75 Å². The van der Waals surface area contributed by atoms with Crippen molar-refractivity contribution >= 4 is 39.1 Å². The van der Waals surface area contributed by atoms with Crippen LogP contribution in [0.25, 0.3) is 15.9 Å². The number of anilines is 1. The van der Waals surface area contributed by atoms with Gasteiger partial charge in [-0.25, -0.2) is 9.97 Å². The first-order valence-electron chi connectivity index (χ1n) is 9.02. The van der Waals surface area contributed by atoms with Crippen LogP contribution in [0.15, 0.2) is 23.4 Å². The number of aryl methyl sites for hydroxylation is 3. The standard InChI is InChI=1S/C19H21N7OS2/c1-9-6-7-14(27-5)13(8-9)26-19(23-24-25-26)29-12(4)17-21-16(20)15-10(2)11(3)28-18(15)22-17/h6-8,12H,1-5H3,(H2,20,21,22). The minimum absolute atomic E-state index is 0.0926. The van der Waals surface area contributed by atoms with Gasteiger partial charge in [0.2, 0.25) is 5.16 Å². The van der Waals surface area contributed by atoms with Gasteiger partial charge in [0, 0.05) is 4.88 Å². The molecule has 0 aliphatic carbocycles. The molecule has 0 bridgehead atoms. The maximum absolute atomic E-state index is 6.24. The Hall–Kier alpha value is -2.72. The molecule has 3 heterocycles. The SMILES string of the molecule is COc1ccc(C)cc1-n1nnnc1SC(C)c1nc(N)c2c(C)c(C)sc2n1. The van der Waals surface area contributed by atoms with E-state index in [2.05, 4.69) is 34.4 Å². The van der Waals surface area contributed by atoms with Crippen molar-refractivity contribution in [1.82, 2.24) is 30.2 Å². The summed E-state index contributed by atoms with van der Waals surface area (Å²) in [4.78, 5) is 11.4. The van der Waals surface area contributed by atoms with Crippen molar-refractivity contribution < 1.29 is 4.74 Å². The number of tetrazole rings is 1. The number of hydrogen-bond donors (Lipinski definition) is 1. The third-order valence-corrected chi connectivity index (χ3v) is 6.85. The zero-order chi connectivity index (χ0) is 20.7. The van der Waals surface area contributed by atoms with E-state index < -0.39 is 0 Å². The molecule has 0 spiro atoms. The molecule has 1 aromatic carbocycles. The van der Waals surface area contributed by atoms with Gasteiger partial charge in [0.1, 0.15) is 27.9 Å². The Morgan fingerprint density at radius 2 is 2.00 bits per heavy atom. The molecule has 3 aromatic heterocycles. The Balaban J connectivity index is 1.69. The number of fused-ring (bicyclic) bond motifs is 1. The largest absolute Gasteiger partial charge is 0.494 e. The fourth-order valence-corrected chi connectivity index (χ4v) is 4.95. The third kappa shape index (κ3) is 3.53. The first-order valence-corrected chi connectivity index (χ1v) is 10.7. The van der Waals surface area contributed by atoms with Crippen LogP contribution in [-0.4, -0.2) is 37.3 Å². The molecule has 8 nitrogen and oxygen atoms in total. The molecule has 0 aliphatic heterocycles. The van der Waals surface area contributed by atoms with Gasteiger partial charge in [0.25, 0.3) is 0 Å². The molecule has 0 saturated carbocycles. The quantitative estimate of drug-likeness (QED) is 0.476. The van der Waals surface area contributed by atoms with Gasteiger partial charge in [-0.15, -0.1) is 16.4 Å². The summed E-state index contributed by atoms with van der Waals surface area (Å²) in [5, 5.41) is 13.7. The van der Waals surface area contributed by atoms with Gasteiger partial charge in [-0.2, -0.15) is 4.68 Å². The molecule has 150 valence electrons. The number of thiophene rings is 1. The van der Waals surface area contributed by atoms with Crippen molar-refractivity contribution in [2.24, 2.45) is 0 Å². The highest BCUT2D eigenvalue weighted by Gasteiger charge is 2.21. The van der Waals surface area contributed by atoms with Crippen LogP contribution in [0.4, 0.5) is 5.82 Å². The van der Waals surface area contributed by atoms with Gasteiger partial charge < -0.3 is 10.5 Å². The lowest BCUT2D eigenvalue weighted by atomic mass is 10.2. The predicted molar refractivity (Wildman–Crippen MR) is 116 cm³/mol. The number of hydrogen-bond acceptors (Lipinski definition) is 9. The summed E-state index contributed by atoms with van der Waals surface area (Å²) in [6.07, 6.45) is 0. The van der Waals surface area contributed by atoms with E-state index in [-0.39, 0.29) is 5.25 Å². The minimum Gasteiger partial charge on any atom is -0.494 e. The van der Waals surface area contributed by atoms with E-state index in [4.69, 9.17) is 15.5 Å². The number of thioether (sulfide) groups is 1. The van der Waals surface area contributed by atoms with Crippen LogP contribution in [0.2, 0.25) is 0 Å². The topological polar surface area (TPSA) is 105 Å². The molecule has 2 N–H and O–H groups in total. The molecular formula is C19H21N7OS2. The normalized spacial score (nSPS) is 12.4. The van der Waals surface area contributed by atoms with E-state index >= 15 is 0 Å². The molecule has 0 radical (unpaired) electrons. The summed E-state index contributed by atoms with van der Waals surface area (Å²) >= 11 is 3.11. The van der Waals surface area contributed by atoms with Gasteiger partial charge in [-0.1, -0.05) is 17.8 Å². The van der Waals surface area contributed by atoms with Crippen LogP contribution in [0, 0.1) is 20.8 Å². The summed E-state index contributed by atoms with van der Waals surface area (Å²) in [7, 11) is 1.63. The van der Waals surface area contributed by atoms with E-state index in [0.29, 0.717) is 22.5 Å². The van der Waals surface area contributed by atoms with Gasteiger partial charge in [-0.3, -0.25) is 0 Å². The van der Waals surface area contributed by atoms with Gasteiger partial charge in [0.05, 0.1) is 17.7 Å². The molecule has 0 aliphatic rings. The van der Waals surface area contributed by atoms with Crippen LogP contribution < -0.4 is 10.5 Å². The fourth-order valence-electron chi connectivity index (χ4n) is 3.06. The van der Waals surface area contributed by atoms with Crippen molar-refractivity contribution in [3.05, 3.63) is 40.0 Å². The van der Waals surface area contributed by atoms with Crippen molar-refractivity contribution in [3.63, 3.8) is 0 Å². The Morgan fingerprint density at radius 3 is 2.76 bits per heavy atom. The Labute approximate surface area is 176 Å². The minimum atomic E-state index is -0.0926.